The van der Waals surface area contributed by atoms with Crippen LogP contribution in [0, 0.1) is 12.7 Å². The Kier molecular flexibility index (Phi) is 4.05. The number of hydrogen-bond donors (Lipinski definition) is 1. The Balaban J connectivity index is 2.56. The molecule has 1 atom stereocenters. The summed E-state index contributed by atoms with van der Waals surface area (Å²) in [5.41, 5.74) is 1.64. The van der Waals surface area contributed by atoms with E-state index < -0.39 is 11.9 Å². The van der Waals surface area contributed by atoms with Gasteiger partial charge in [0, 0.05) is 10.0 Å². The van der Waals surface area contributed by atoms with Crippen LogP contribution >= 0.6 is 27.5 Å². The maximum atomic E-state index is 13.8. The predicted molar refractivity (Wildman–Crippen MR) is 74.4 cm³/mol. The third kappa shape index (κ3) is 2.44. The van der Waals surface area contributed by atoms with Crippen LogP contribution in [0.25, 0.3) is 0 Å². The normalized spacial score (nSPS) is 12.5. The minimum Gasteiger partial charge on any atom is -0.383 e. The van der Waals surface area contributed by atoms with Gasteiger partial charge in [0.2, 0.25) is 0 Å². The molecule has 0 heterocycles. The van der Waals surface area contributed by atoms with Crippen LogP contribution in [0.5, 0.6) is 0 Å². The highest BCUT2D eigenvalue weighted by atomic mass is 79.9. The van der Waals surface area contributed by atoms with E-state index in [0.29, 0.717) is 10.0 Å². The third-order valence-corrected chi connectivity index (χ3v) is 4.13. The van der Waals surface area contributed by atoms with Gasteiger partial charge in [0.05, 0.1) is 5.02 Å². The number of aliphatic hydroxyl groups is 1. The molecule has 0 aromatic heterocycles. The van der Waals surface area contributed by atoms with Gasteiger partial charge in [-0.2, -0.15) is 0 Å². The Morgan fingerprint density at radius 1 is 1.22 bits per heavy atom. The molecule has 1 unspecified atom stereocenters. The van der Waals surface area contributed by atoms with Crippen molar-refractivity contribution >= 4 is 27.5 Å². The van der Waals surface area contributed by atoms with Gasteiger partial charge in [-0.25, -0.2) is 4.39 Å². The van der Waals surface area contributed by atoms with Crippen molar-refractivity contribution in [3.05, 3.63) is 68.4 Å². The van der Waals surface area contributed by atoms with Gasteiger partial charge in [-0.15, -0.1) is 0 Å². The second kappa shape index (κ2) is 5.39. The third-order valence-electron chi connectivity index (χ3n) is 2.84. The van der Waals surface area contributed by atoms with Crippen molar-refractivity contribution in [2.24, 2.45) is 0 Å². The summed E-state index contributed by atoms with van der Waals surface area (Å²) in [7, 11) is 0. The zero-order valence-electron chi connectivity index (χ0n) is 9.62. The van der Waals surface area contributed by atoms with Gasteiger partial charge < -0.3 is 5.11 Å². The first-order valence-corrected chi connectivity index (χ1v) is 6.56. The number of hydrogen-bond acceptors (Lipinski definition) is 1. The number of aliphatic hydroxyl groups excluding tert-OH is 1. The molecule has 18 heavy (non-hydrogen) atoms. The zero-order chi connectivity index (χ0) is 13.3. The largest absolute Gasteiger partial charge is 0.383 e. The summed E-state index contributed by atoms with van der Waals surface area (Å²) in [6, 6.07) is 10.1. The number of halogens is 3. The van der Waals surface area contributed by atoms with Crippen molar-refractivity contribution in [1.29, 1.82) is 0 Å². The van der Waals surface area contributed by atoms with Crippen LogP contribution in [0.4, 0.5) is 4.39 Å². The Bertz CT molecular complexity index is 586. The molecule has 1 nitrogen and oxygen atoms in total. The molecule has 0 aliphatic rings. The predicted octanol–water partition coefficient (Wildman–Crippen LogP) is 4.63. The smallest absolute Gasteiger partial charge is 0.130 e. The van der Waals surface area contributed by atoms with Crippen molar-refractivity contribution in [3.8, 4) is 0 Å². The summed E-state index contributed by atoms with van der Waals surface area (Å²) in [5, 5.41) is 10.5. The second-order valence-corrected chi connectivity index (χ2v) is 5.25. The van der Waals surface area contributed by atoms with Crippen molar-refractivity contribution in [1.82, 2.24) is 0 Å². The van der Waals surface area contributed by atoms with E-state index in [1.807, 2.05) is 19.1 Å². The van der Waals surface area contributed by atoms with E-state index in [-0.39, 0.29) is 10.6 Å². The Hall–Kier alpha value is -0.900. The highest BCUT2D eigenvalue weighted by Gasteiger charge is 2.21. The topological polar surface area (TPSA) is 20.2 Å². The molecule has 0 bridgehead atoms. The molecule has 0 amide bonds. The lowest BCUT2D eigenvalue weighted by atomic mass is 9.97. The van der Waals surface area contributed by atoms with Crippen molar-refractivity contribution in [2.75, 3.05) is 0 Å². The molecule has 94 valence electrons. The van der Waals surface area contributed by atoms with Crippen LogP contribution in [-0.4, -0.2) is 5.11 Å². The molecule has 0 radical (unpaired) electrons. The molecule has 4 heteroatoms. The Morgan fingerprint density at radius 3 is 2.56 bits per heavy atom. The fraction of sp³-hybridized carbons (Fsp3) is 0.143. The maximum absolute atomic E-state index is 13.8. The molecule has 2 aromatic carbocycles. The molecule has 2 aromatic rings. The Morgan fingerprint density at radius 2 is 1.89 bits per heavy atom. The van der Waals surface area contributed by atoms with E-state index in [2.05, 4.69) is 15.9 Å². The summed E-state index contributed by atoms with van der Waals surface area (Å²) in [6.45, 7) is 1.86. The molecule has 0 spiro atoms. The quantitative estimate of drug-likeness (QED) is 0.796. The van der Waals surface area contributed by atoms with E-state index in [1.165, 1.54) is 12.1 Å². The van der Waals surface area contributed by atoms with Crippen molar-refractivity contribution < 1.29 is 9.50 Å². The SMILES string of the molecule is Cc1ccccc1C(O)c1c(F)ccc(Br)c1Cl. The summed E-state index contributed by atoms with van der Waals surface area (Å²) in [6.07, 6.45) is -1.07. The first-order valence-electron chi connectivity index (χ1n) is 5.39. The molecular weight excluding hydrogens is 319 g/mol. The summed E-state index contributed by atoms with van der Waals surface area (Å²) < 4.78 is 14.4. The molecule has 1 N–H and O–H groups in total. The van der Waals surface area contributed by atoms with E-state index in [9.17, 15) is 9.50 Å². The van der Waals surface area contributed by atoms with E-state index in [4.69, 9.17) is 11.6 Å². The highest BCUT2D eigenvalue weighted by molar-refractivity contribution is 9.10. The van der Waals surface area contributed by atoms with E-state index >= 15 is 0 Å². The summed E-state index contributed by atoms with van der Waals surface area (Å²) in [4.78, 5) is 0. The van der Waals surface area contributed by atoms with Gasteiger partial charge >= 0.3 is 0 Å². The maximum Gasteiger partial charge on any atom is 0.130 e. The summed E-state index contributed by atoms with van der Waals surface area (Å²) >= 11 is 9.28. The molecular formula is C14H11BrClFO. The minimum atomic E-state index is -1.07. The minimum absolute atomic E-state index is 0.0975. The van der Waals surface area contributed by atoms with Crippen LogP contribution in [-0.2, 0) is 0 Å². The van der Waals surface area contributed by atoms with Crippen molar-refractivity contribution in [3.63, 3.8) is 0 Å². The molecule has 0 saturated heterocycles. The van der Waals surface area contributed by atoms with Crippen LogP contribution in [0.15, 0.2) is 40.9 Å². The first-order chi connectivity index (χ1) is 8.52. The second-order valence-electron chi connectivity index (χ2n) is 4.02. The van der Waals surface area contributed by atoms with Crippen LogP contribution in [0.3, 0.4) is 0 Å². The lowest BCUT2D eigenvalue weighted by Crippen LogP contribution is -2.05. The lowest BCUT2D eigenvalue weighted by Gasteiger charge is -2.16. The van der Waals surface area contributed by atoms with Crippen LogP contribution in [0.2, 0.25) is 5.02 Å². The van der Waals surface area contributed by atoms with Gasteiger partial charge in [-0.05, 0) is 46.1 Å². The fourth-order valence-electron chi connectivity index (χ4n) is 1.84. The lowest BCUT2D eigenvalue weighted by molar-refractivity contribution is 0.214. The average molecular weight is 330 g/mol. The average Bonchev–Trinajstić information content (AvgIpc) is 2.35. The highest BCUT2D eigenvalue weighted by Crippen LogP contribution is 2.36. The number of benzene rings is 2. The van der Waals surface area contributed by atoms with Gasteiger partial charge in [0.25, 0.3) is 0 Å². The molecule has 2 rings (SSSR count). The number of rotatable bonds is 2. The van der Waals surface area contributed by atoms with E-state index in [0.717, 1.165) is 5.56 Å². The number of aryl methyl sites for hydroxylation is 1. The first kappa shape index (κ1) is 13.5. The van der Waals surface area contributed by atoms with Gasteiger partial charge in [0.15, 0.2) is 0 Å². The molecule has 0 fully saturated rings. The van der Waals surface area contributed by atoms with Crippen LogP contribution < -0.4 is 0 Å². The Labute approximate surface area is 118 Å². The fourth-order valence-corrected chi connectivity index (χ4v) is 2.44. The van der Waals surface area contributed by atoms with Gasteiger partial charge in [0.1, 0.15) is 11.9 Å². The molecule has 0 aliphatic carbocycles. The van der Waals surface area contributed by atoms with Crippen LogP contribution in [0.1, 0.15) is 22.8 Å². The standard InChI is InChI=1S/C14H11BrClFO/c1-8-4-2-3-5-9(8)14(18)12-11(17)7-6-10(15)13(12)16/h2-7,14,18H,1H3. The van der Waals surface area contributed by atoms with Crippen molar-refractivity contribution in [2.45, 2.75) is 13.0 Å². The summed E-state index contributed by atoms with van der Waals surface area (Å²) in [5.74, 6) is -0.515. The van der Waals surface area contributed by atoms with E-state index in [1.54, 1.807) is 12.1 Å². The zero-order valence-corrected chi connectivity index (χ0v) is 12.0. The van der Waals surface area contributed by atoms with Gasteiger partial charge in [-0.1, -0.05) is 35.9 Å². The molecule has 0 saturated carbocycles. The monoisotopic (exact) mass is 328 g/mol. The molecule has 0 aliphatic heterocycles. The van der Waals surface area contributed by atoms with Gasteiger partial charge in [-0.3, -0.25) is 0 Å².